The molecule has 1 amide bonds. The monoisotopic (exact) mass is 312 g/mol. The van der Waals surface area contributed by atoms with Gasteiger partial charge in [-0.2, -0.15) is 0 Å². The molecule has 0 fully saturated rings. The van der Waals surface area contributed by atoms with Crippen LogP contribution in [0.25, 0.3) is 0 Å². The van der Waals surface area contributed by atoms with E-state index in [2.05, 4.69) is 0 Å². The van der Waals surface area contributed by atoms with Crippen LogP contribution in [0.1, 0.15) is 25.8 Å². The number of nitrogens with zero attached hydrogens (tertiary/aromatic N) is 2. The molecule has 0 saturated heterocycles. The number of amides is 1. The fourth-order valence-electron chi connectivity index (χ4n) is 2.30. The molecule has 5 nitrogen and oxygen atoms in total. The molecule has 0 atom stereocenters. The van der Waals surface area contributed by atoms with Crippen molar-refractivity contribution in [2.24, 2.45) is 5.92 Å². The summed E-state index contributed by atoms with van der Waals surface area (Å²) in [4.78, 5) is 24.6. The summed E-state index contributed by atoms with van der Waals surface area (Å²) in [6.45, 7) is 4.41. The van der Waals surface area contributed by atoms with Crippen LogP contribution in [0.15, 0.2) is 54.6 Å². The minimum absolute atomic E-state index is 0.0459. The average Bonchev–Trinajstić information content (AvgIpc) is 2.53. The number of non-ortho nitro benzene ring substituents is 1. The zero-order valence-electron chi connectivity index (χ0n) is 13.3. The summed E-state index contributed by atoms with van der Waals surface area (Å²) in [6, 6.07) is 15.8. The summed E-state index contributed by atoms with van der Waals surface area (Å²) in [7, 11) is 0. The van der Waals surface area contributed by atoms with E-state index < -0.39 is 4.92 Å². The van der Waals surface area contributed by atoms with E-state index in [4.69, 9.17) is 0 Å². The second kappa shape index (κ2) is 7.54. The number of carbonyl (C=O) groups is 1. The number of anilines is 1. The van der Waals surface area contributed by atoms with Crippen molar-refractivity contribution in [2.75, 3.05) is 4.90 Å². The molecule has 23 heavy (non-hydrogen) atoms. The first-order chi connectivity index (χ1) is 11.0. The predicted molar refractivity (Wildman–Crippen MR) is 90.2 cm³/mol. The molecule has 0 saturated carbocycles. The second-order valence-corrected chi connectivity index (χ2v) is 5.84. The van der Waals surface area contributed by atoms with E-state index in [1.165, 1.54) is 12.1 Å². The van der Waals surface area contributed by atoms with E-state index in [1.54, 1.807) is 17.0 Å². The zero-order chi connectivity index (χ0) is 16.8. The maximum absolute atomic E-state index is 12.6. The summed E-state index contributed by atoms with van der Waals surface area (Å²) in [5.41, 5.74) is 1.74. The minimum atomic E-state index is -0.428. The largest absolute Gasteiger partial charge is 0.308 e. The summed E-state index contributed by atoms with van der Waals surface area (Å²) in [6.07, 6.45) is 0.460. The van der Waals surface area contributed by atoms with E-state index in [-0.39, 0.29) is 17.5 Å². The van der Waals surface area contributed by atoms with Crippen LogP contribution >= 0.6 is 0 Å². The third-order valence-corrected chi connectivity index (χ3v) is 3.44. The fourth-order valence-corrected chi connectivity index (χ4v) is 2.30. The van der Waals surface area contributed by atoms with Crippen molar-refractivity contribution >= 4 is 17.3 Å². The van der Waals surface area contributed by atoms with Crippen LogP contribution in [0.2, 0.25) is 0 Å². The highest BCUT2D eigenvalue weighted by Gasteiger charge is 2.17. The third-order valence-electron chi connectivity index (χ3n) is 3.44. The molecule has 0 N–H and O–H groups in total. The number of para-hydroxylation sites is 1. The maximum Gasteiger partial charge on any atom is 0.269 e. The Morgan fingerprint density at radius 2 is 1.70 bits per heavy atom. The van der Waals surface area contributed by atoms with Gasteiger partial charge in [-0.25, -0.2) is 0 Å². The minimum Gasteiger partial charge on any atom is -0.308 e. The van der Waals surface area contributed by atoms with Gasteiger partial charge in [0, 0.05) is 24.2 Å². The maximum atomic E-state index is 12.6. The molecule has 0 radical (unpaired) electrons. The molecule has 2 aromatic rings. The molecular weight excluding hydrogens is 292 g/mol. The van der Waals surface area contributed by atoms with Crippen LogP contribution < -0.4 is 4.90 Å². The van der Waals surface area contributed by atoms with Crippen LogP contribution in [0.4, 0.5) is 11.4 Å². The highest BCUT2D eigenvalue weighted by molar-refractivity contribution is 5.93. The fraction of sp³-hybridized carbons (Fsp3) is 0.278. The van der Waals surface area contributed by atoms with E-state index in [1.807, 2.05) is 44.2 Å². The Morgan fingerprint density at radius 1 is 1.09 bits per heavy atom. The van der Waals surface area contributed by atoms with Gasteiger partial charge in [0.05, 0.1) is 11.5 Å². The first-order valence-corrected chi connectivity index (χ1v) is 7.56. The standard InChI is InChI=1S/C18H20N2O3/c1-14(2)12-18(21)19(16-6-4-3-5-7-16)13-15-8-10-17(11-9-15)20(22)23/h3-11,14H,12-13H2,1-2H3. The SMILES string of the molecule is CC(C)CC(=O)N(Cc1ccc([N+](=O)[O-])cc1)c1ccccc1. The molecule has 0 spiro atoms. The molecule has 0 aliphatic rings. The molecule has 2 aromatic carbocycles. The van der Waals surface area contributed by atoms with Crippen molar-refractivity contribution in [3.63, 3.8) is 0 Å². The van der Waals surface area contributed by atoms with Gasteiger partial charge in [-0.05, 0) is 23.6 Å². The van der Waals surface area contributed by atoms with Crippen molar-refractivity contribution in [3.05, 3.63) is 70.3 Å². The lowest BCUT2D eigenvalue weighted by atomic mass is 10.1. The molecule has 0 unspecified atom stereocenters. The smallest absolute Gasteiger partial charge is 0.269 e. The molecule has 0 aliphatic carbocycles. The molecule has 5 heteroatoms. The Bertz CT molecular complexity index is 666. The normalized spacial score (nSPS) is 10.6. The van der Waals surface area contributed by atoms with Crippen molar-refractivity contribution in [2.45, 2.75) is 26.8 Å². The number of hydrogen-bond acceptors (Lipinski definition) is 3. The first kappa shape index (κ1) is 16.7. The number of carbonyl (C=O) groups excluding carboxylic acids is 1. The molecule has 120 valence electrons. The number of hydrogen-bond donors (Lipinski definition) is 0. The summed E-state index contributed by atoms with van der Waals surface area (Å²) < 4.78 is 0. The van der Waals surface area contributed by atoms with Gasteiger partial charge in [0.2, 0.25) is 5.91 Å². The van der Waals surface area contributed by atoms with E-state index >= 15 is 0 Å². The molecule has 2 rings (SSSR count). The summed E-state index contributed by atoms with van der Waals surface area (Å²) in [5, 5.41) is 10.7. The molecule has 0 bridgehead atoms. The van der Waals surface area contributed by atoms with Crippen LogP contribution in [-0.4, -0.2) is 10.8 Å². The molecular formula is C18H20N2O3. The third kappa shape index (κ3) is 4.64. The van der Waals surface area contributed by atoms with Gasteiger partial charge in [0.15, 0.2) is 0 Å². The lowest BCUT2D eigenvalue weighted by Crippen LogP contribution is -2.31. The van der Waals surface area contributed by atoms with Crippen LogP contribution in [-0.2, 0) is 11.3 Å². The van der Waals surface area contributed by atoms with Crippen molar-refractivity contribution in [1.29, 1.82) is 0 Å². The lowest BCUT2D eigenvalue weighted by Gasteiger charge is -2.24. The quantitative estimate of drug-likeness (QED) is 0.594. The Kier molecular flexibility index (Phi) is 5.46. The van der Waals surface area contributed by atoms with Crippen molar-refractivity contribution in [3.8, 4) is 0 Å². The average molecular weight is 312 g/mol. The summed E-state index contributed by atoms with van der Waals surface area (Å²) in [5.74, 6) is 0.315. The van der Waals surface area contributed by atoms with Gasteiger partial charge >= 0.3 is 0 Å². The van der Waals surface area contributed by atoms with E-state index in [0.29, 0.717) is 13.0 Å². The number of rotatable bonds is 6. The van der Waals surface area contributed by atoms with Gasteiger partial charge in [0.1, 0.15) is 0 Å². The molecule has 0 aliphatic heterocycles. The van der Waals surface area contributed by atoms with Crippen LogP contribution in [0.5, 0.6) is 0 Å². The highest BCUT2D eigenvalue weighted by atomic mass is 16.6. The topological polar surface area (TPSA) is 63.5 Å². The van der Waals surface area contributed by atoms with Gasteiger partial charge in [-0.1, -0.05) is 44.2 Å². The van der Waals surface area contributed by atoms with Gasteiger partial charge in [-0.3, -0.25) is 14.9 Å². The Morgan fingerprint density at radius 3 is 2.22 bits per heavy atom. The van der Waals surface area contributed by atoms with Gasteiger partial charge in [-0.15, -0.1) is 0 Å². The van der Waals surface area contributed by atoms with Crippen molar-refractivity contribution in [1.82, 2.24) is 0 Å². The second-order valence-electron chi connectivity index (χ2n) is 5.84. The van der Waals surface area contributed by atoms with Crippen LogP contribution in [0, 0.1) is 16.0 Å². The number of nitro benzene ring substituents is 1. The number of nitro groups is 1. The molecule has 0 heterocycles. The lowest BCUT2D eigenvalue weighted by molar-refractivity contribution is -0.384. The van der Waals surface area contributed by atoms with Crippen molar-refractivity contribution < 1.29 is 9.72 Å². The highest BCUT2D eigenvalue weighted by Crippen LogP contribution is 2.21. The number of benzene rings is 2. The summed E-state index contributed by atoms with van der Waals surface area (Å²) >= 11 is 0. The Hall–Kier alpha value is -2.69. The van der Waals surface area contributed by atoms with Gasteiger partial charge in [0.25, 0.3) is 5.69 Å². The zero-order valence-corrected chi connectivity index (χ0v) is 13.3. The van der Waals surface area contributed by atoms with Crippen LogP contribution in [0.3, 0.4) is 0 Å². The molecule has 0 aromatic heterocycles. The Labute approximate surface area is 135 Å². The van der Waals surface area contributed by atoms with E-state index in [9.17, 15) is 14.9 Å². The van der Waals surface area contributed by atoms with E-state index in [0.717, 1.165) is 11.3 Å². The Balaban J connectivity index is 2.23. The predicted octanol–water partition coefficient (Wildman–Crippen LogP) is 4.17. The first-order valence-electron chi connectivity index (χ1n) is 7.56. The van der Waals surface area contributed by atoms with Gasteiger partial charge < -0.3 is 4.90 Å².